The molecule has 0 saturated carbocycles. The minimum Gasteiger partial charge on any atom is -0.325 e. The van der Waals surface area contributed by atoms with Crippen molar-refractivity contribution >= 4 is 11.6 Å². The van der Waals surface area contributed by atoms with Crippen molar-refractivity contribution in [3.05, 3.63) is 29.3 Å². The van der Waals surface area contributed by atoms with Gasteiger partial charge in [0.25, 0.3) is 0 Å². The van der Waals surface area contributed by atoms with Gasteiger partial charge in [-0.05, 0) is 38.7 Å². The largest absolute Gasteiger partial charge is 0.325 e. The molecular weight excluding hydrogens is 226 g/mol. The Morgan fingerprint density at radius 2 is 2.17 bits per heavy atom. The second-order valence-electron chi connectivity index (χ2n) is 4.32. The molecule has 4 nitrogen and oxygen atoms in total. The molecule has 0 aliphatic carbocycles. The lowest BCUT2D eigenvalue weighted by molar-refractivity contribution is -0.116. The van der Waals surface area contributed by atoms with Crippen molar-refractivity contribution in [2.24, 2.45) is 5.73 Å². The number of rotatable bonds is 3. The number of likely N-dealkylation sites (N-methyl/N-ethyl adjacent to an activating group) is 1. The molecule has 0 spiro atoms. The summed E-state index contributed by atoms with van der Waals surface area (Å²) in [5.74, 6) is 5.71. The van der Waals surface area contributed by atoms with E-state index in [-0.39, 0.29) is 5.91 Å². The van der Waals surface area contributed by atoms with Gasteiger partial charge in [-0.2, -0.15) is 0 Å². The number of anilines is 1. The SMILES string of the molecule is Cc1ccc(C#CCN)cc1NC(=O)CN(C)C. The molecule has 0 saturated heterocycles. The fourth-order valence-corrected chi connectivity index (χ4v) is 1.46. The molecule has 0 aliphatic rings. The summed E-state index contributed by atoms with van der Waals surface area (Å²) >= 11 is 0. The Bertz CT molecular complexity index is 484. The van der Waals surface area contributed by atoms with Crippen LogP contribution in [0.4, 0.5) is 5.69 Å². The Kier molecular flexibility index (Phi) is 5.37. The molecule has 0 radical (unpaired) electrons. The molecule has 0 aromatic heterocycles. The third kappa shape index (κ3) is 4.58. The second-order valence-corrected chi connectivity index (χ2v) is 4.32. The van der Waals surface area contributed by atoms with Gasteiger partial charge >= 0.3 is 0 Å². The summed E-state index contributed by atoms with van der Waals surface area (Å²) in [6, 6.07) is 5.72. The van der Waals surface area contributed by atoms with Gasteiger partial charge in [0.1, 0.15) is 0 Å². The molecule has 3 N–H and O–H groups in total. The minimum atomic E-state index is -0.0352. The summed E-state index contributed by atoms with van der Waals surface area (Å²) in [5.41, 5.74) is 8.00. The van der Waals surface area contributed by atoms with E-state index in [0.717, 1.165) is 16.8 Å². The summed E-state index contributed by atoms with van der Waals surface area (Å²) in [6.45, 7) is 2.64. The summed E-state index contributed by atoms with van der Waals surface area (Å²) in [6.07, 6.45) is 0. The van der Waals surface area contributed by atoms with Gasteiger partial charge in [-0.1, -0.05) is 17.9 Å². The third-order valence-electron chi connectivity index (χ3n) is 2.31. The van der Waals surface area contributed by atoms with Gasteiger partial charge in [-0.25, -0.2) is 0 Å². The van der Waals surface area contributed by atoms with Crippen LogP contribution in [0.2, 0.25) is 0 Å². The topological polar surface area (TPSA) is 58.4 Å². The number of amides is 1. The highest BCUT2D eigenvalue weighted by atomic mass is 16.2. The zero-order chi connectivity index (χ0) is 13.5. The van der Waals surface area contributed by atoms with E-state index >= 15 is 0 Å². The molecular formula is C14H19N3O. The minimum absolute atomic E-state index is 0.0352. The van der Waals surface area contributed by atoms with E-state index in [9.17, 15) is 4.79 Å². The Labute approximate surface area is 108 Å². The molecule has 0 unspecified atom stereocenters. The van der Waals surface area contributed by atoms with E-state index in [0.29, 0.717) is 13.1 Å². The lowest BCUT2D eigenvalue weighted by atomic mass is 10.1. The first-order valence-electron chi connectivity index (χ1n) is 5.77. The molecule has 1 aromatic rings. The highest BCUT2D eigenvalue weighted by Gasteiger charge is 2.06. The maximum atomic E-state index is 11.7. The van der Waals surface area contributed by atoms with Crippen LogP contribution in [0.1, 0.15) is 11.1 Å². The van der Waals surface area contributed by atoms with E-state index in [1.165, 1.54) is 0 Å². The van der Waals surface area contributed by atoms with Crippen LogP contribution in [0, 0.1) is 18.8 Å². The average molecular weight is 245 g/mol. The van der Waals surface area contributed by atoms with Crippen LogP contribution < -0.4 is 11.1 Å². The Morgan fingerprint density at radius 3 is 2.78 bits per heavy atom. The zero-order valence-corrected chi connectivity index (χ0v) is 11.1. The Balaban J connectivity index is 2.84. The number of hydrogen-bond donors (Lipinski definition) is 2. The van der Waals surface area contributed by atoms with Crippen LogP contribution in [0.3, 0.4) is 0 Å². The maximum Gasteiger partial charge on any atom is 0.238 e. The molecule has 1 rings (SSSR count). The predicted octanol–water partition coefficient (Wildman–Crippen LogP) is 0.805. The second kappa shape index (κ2) is 6.80. The number of benzene rings is 1. The molecule has 0 heterocycles. The number of carbonyl (C=O) groups excluding carboxylic acids is 1. The van der Waals surface area contributed by atoms with Crippen LogP contribution in [0.15, 0.2) is 18.2 Å². The van der Waals surface area contributed by atoms with Crippen molar-refractivity contribution in [2.75, 3.05) is 32.5 Å². The standard InChI is InChI=1S/C14H19N3O/c1-11-6-7-12(5-4-8-15)9-13(11)16-14(18)10-17(2)3/h6-7,9H,8,10,15H2,1-3H3,(H,16,18). The molecule has 0 atom stereocenters. The van der Waals surface area contributed by atoms with Gasteiger partial charge in [0.15, 0.2) is 0 Å². The molecule has 1 aromatic carbocycles. The number of nitrogens with zero attached hydrogens (tertiary/aromatic N) is 1. The van der Waals surface area contributed by atoms with Crippen LogP contribution in [-0.4, -0.2) is 38.0 Å². The summed E-state index contributed by atoms with van der Waals surface area (Å²) < 4.78 is 0. The third-order valence-corrected chi connectivity index (χ3v) is 2.31. The van der Waals surface area contributed by atoms with Gasteiger partial charge in [0.05, 0.1) is 13.1 Å². The fourth-order valence-electron chi connectivity index (χ4n) is 1.46. The molecule has 1 amide bonds. The van der Waals surface area contributed by atoms with Crippen molar-refractivity contribution < 1.29 is 4.79 Å². The normalized spacial score (nSPS) is 9.83. The van der Waals surface area contributed by atoms with Gasteiger partial charge in [-0.15, -0.1) is 0 Å². The lowest BCUT2D eigenvalue weighted by Crippen LogP contribution is -2.27. The maximum absolute atomic E-state index is 11.7. The number of aryl methyl sites for hydroxylation is 1. The molecule has 96 valence electrons. The number of carbonyl (C=O) groups is 1. The molecule has 0 fully saturated rings. The predicted molar refractivity (Wildman–Crippen MR) is 74.3 cm³/mol. The molecule has 4 heteroatoms. The zero-order valence-electron chi connectivity index (χ0n) is 11.1. The van der Waals surface area contributed by atoms with E-state index in [2.05, 4.69) is 17.2 Å². The van der Waals surface area contributed by atoms with E-state index in [1.807, 2.05) is 44.1 Å². The van der Waals surface area contributed by atoms with Gasteiger partial charge in [0.2, 0.25) is 5.91 Å². The molecule has 0 bridgehead atoms. The number of nitrogens with two attached hydrogens (primary N) is 1. The van der Waals surface area contributed by atoms with Gasteiger partial charge < -0.3 is 16.0 Å². The summed E-state index contributed by atoms with van der Waals surface area (Å²) in [7, 11) is 3.71. The van der Waals surface area contributed by atoms with Crippen LogP contribution >= 0.6 is 0 Å². The van der Waals surface area contributed by atoms with Gasteiger partial charge in [-0.3, -0.25) is 4.79 Å². The van der Waals surface area contributed by atoms with Crippen molar-refractivity contribution in [1.29, 1.82) is 0 Å². The Hall–Kier alpha value is -1.83. The van der Waals surface area contributed by atoms with Gasteiger partial charge in [0, 0.05) is 11.3 Å². The lowest BCUT2D eigenvalue weighted by Gasteiger charge is -2.12. The quantitative estimate of drug-likeness (QED) is 0.775. The van der Waals surface area contributed by atoms with Crippen LogP contribution in [0.5, 0.6) is 0 Å². The van der Waals surface area contributed by atoms with Crippen molar-refractivity contribution in [1.82, 2.24) is 4.90 Å². The first kappa shape index (κ1) is 14.2. The highest BCUT2D eigenvalue weighted by Crippen LogP contribution is 2.16. The Morgan fingerprint density at radius 1 is 1.44 bits per heavy atom. The van der Waals surface area contributed by atoms with E-state index in [1.54, 1.807) is 0 Å². The number of hydrogen-bond acceptors (Lipinski definition) is 3. The smallest absolute Gasteiger partial charge is 0.238 e. The van der Waals surface area contributed by atoms with E-state index < -0.39 is 0 Å². The van der Waals surface area contributed by atoms with Crippen molar-refractivity contribution in [2.45, 2.75) is 6.92 Å². The summed E-state index contributed by atoms with van der Waals surface area (Å²) in [5, 5.41) is 2.88. The molecule has 0 aliphatic heterocycles. The average Bonchev–Trinajstić information content (AvgIpc) is 2.29. The molecule has 18 heavy (non-hydrogen) atoms. The van der Waals surface area contributed by atoms with Crippen molar-refractivity contribution in [3.8, 4) is 11.8 Å². The van der Waals surface area contributed by atoms with E-state index in [4.69, 9.17) is 5.73 Å². The summed E-state index contributed by atoms with van der Waals surface area (Å²) in [4.78, 5) is 13.5. The van der Waals surface area contributed by atoms with Crippen molar-refractivity contribution in [3.63, 3.8) is 0 Å². The van der Waals surface area contributed by atoms with Crippen LogP contribution in [0.25, 0.3) is 0 Å². The monoisotopic (exact) mass is 245 g/mol. The van der Waals surface area contributed by atoms with Crippen LogP contribution in [-0.2, 0) is 4.79 Å². The highest BCUT2D eigenvalue weighted by molar-refractivity contribution is 5.93. The number of nitrogens with one attached hydrogen (secondary N) is 1. The fraction of sp³-hybridized carbons (Fsp3) is 0.357. The first-order chi connectivity index (χ1) is 8.52. The first-order valence-corrected chi connectivity index (χ1v) is 5.77.